The third kappa shape index (κ3) is 10.6. The van der Waals surface area contributed by atoms with Crippen molar-refractivity contribution in [2.45, 2.75) is 50.8 Å². The smallest absolute Gasteiger partial charge is 0.431 e. The summed E-state index contributed by atoms with van der Waals surface area (Å²) >= 11 is 0. The molecule has 3 N–H and O–H groups in total. The molecule has 0 amide bonds. The zero-order chi connectivity index (χ0) is 33.0. The number of carbonyl (C=O) groups is 2. The van der Waals surface area contributed by atoms with Gasteiger partial charge >= 0.3 is 18.1 Å². The van der Waals surface area contributed by atoms with Gasteiger partial charge in [0.05, 0.1) is 37.9 Å². The van der Waals surface area contributed by atoms with Crippen LogP contribution < -0.4 is 20.1 Å². The maximum Gasteiger partial charge on any atom is 0.431 e. The van der Waals surface area contributed by atoms with Gasteiger partial charge in [-0.25, -0.2) is 14.0 Å². The Bertz CT molecular complexity index is 1380. The summed E-state index contributed by atoms with van der Waals surface area (Å²) in [5.74, 6) is -3.44. The lowest BCUT2D eigenvalue weighted by molar-refractivity contribution is -0.140. The largest absolute Gasteiger partial charge is 0.493 e. The Morgan fingerprint density at radius 2 is 1.67 bits per heavy atom. The molecule has 0 bridgehead atoms. The zero-order valence-electron chi connectivity index (χ0n) is 25.7. The predicted octanol–water partition coefficient (Wildman–Crippen LogP) is 5.34. The third-order valence-electron chi connectivity index (χ3n) is 7.02. The number of aliphatic hydroxyl groups is 1. The summed E-state index contributed by atoms with van der Waals surface area (Å²) in [4.78, 5) is 25.8. The number of hydrogen-bond acceptors (Lipinski definition) is 9. The number of para-hydroxylation sites is 2. The molecule has 254 valence electrons. The number of dihydropyridines is 1. The van der Waals surface area contributed by atoms with E-state index in [1.165, 1.54) is 26.2 Å². The second kappa shape index (κ2) is 18.4. The lowest BCUT2D eigenvalue weighted by Gasteiger charge is -2.32. The third-order valence-corrected chi connectivity index (χ3v) is 7.02. The van der Waals surface area contributed by atoms with Crippen molar-refractivity contribution >= 4 is 24.3 Å². The van der Waals surface area contributed by atoms with Crippen LogP contribution in [0.25, 0.3) is 0 Å². The first-order valence-electron chi connectivity index (χ1n) is 14.4. The van der Waals surface area contributed by atoms with Crippen LogP contribution in [0.3, 0.4) is 0 Å². The Balaban J connectivity index is 0.00000736. The highest BCUT2D eigenvalue weighted by Gasteiger charge is 2.47. The first kappa shape index (κ1) is 38.4. The molecule has 0 aromatic heterocycles. The van der Waals surface area contributed by atoms with Gasteiger partial charge in [0.1, 0.15) is 24.2 Å². The molecule has 14 heteroatoms. The van der Waals surface area contributed by atoms with Gasteiger partial charge in [-0.15, -0.1) is 12.4 Å². The van der Waals surface area contributed by atoms with Crippen LogP contribution >= 0.6 is 12.4 Å². The SMILES string of the molecule is COC(=O)C1=C(C(F)(F)F)NC(C)=C(C(=O)OCCCCCCNCC(O)COc2ccccc2OC)C1c1cccc(F)c1.Cl. The standard InChI is InChI=1S/C32H38F4N2O7.ClH/c1-20-26(27(21-11-10-12-22(33)17-21)28(30(40)43-3)29(38-20)32(34,35)36)31(41)44-16-9-5-4-8-15-37-18-23(39)19-45-25-14-7-6-13-24(25)42-2;/h6-7,10-14,17,23,27,37-39H,4-5,8-9,15-16,18-19H2,1-3H3;1H. The summed E-state index contributed by atoms with van der Waals surface area (Å²) in [7, 11) is 2.46. The number of nitrogens with one attached hydrogen (secondary N) is 2. The quantitative estimate of drug-likeness (QED) is 0.123. The molecule has 46 heavy (non-hydrogen) atoms. The van der Waals surface area contributed by atoms with Crippen LogP contribution in [0.15, 0.2) is 71.1 Å². The van der Waals surface area contributed by atoms with Gasteiger partial charge in [0, 0.05) is 12.2 Å². The number of alkyl halides is 3. The molecule has 2 unspecified atom stereocenters. The van der Waals surface area contributed by atoms with Crippen molar-refractivity contribution in [1.29, 1.82) is 0 Å². The lowest BCUT2D eigenvalue weighted by atomic mass is 9.80. The highest BCUT2D eigenvalue weighted by atomic mass is 35.5. The first-order valence-corrected chi connectivity index (χ1v) is 14.4. The van der Waals surface area contributed by atoms with E-state index in [1.54, 1.807) is 12.1 Å². The van der Waals surface area contributed by atoms with E-state index in [0.29, 0.717) is 37.4 Å². The fourth-order valence-corrected chi connectivity index (χ4v) is 4.87. The van der Waals surface area contributed by atoms with Crippen molar-refractivity contribution in [1.82, 2.24) is 10.6 Å². The maximum absolute atomic E-state index is 14.1. The summed E-state index contributed by atoms with van der Waals surface area (Å²) in [5, 5.41) is 15.4. The highest BCUT2D eigenvalue weighted by molar-refractivity contribution is 6.00. The van der Waals surface area contributed by atoms with E-state index in [-0.39, 0.29) is 42.5 Å². The molecule has 0 fully saturated rings. The Labute approximate surface area is 271 Å². The van der Waals surface area contributed by atoms with E-state index in [4.69, 9.17) is 14.2 Å². The van der Waals surface area contributed by atoms with Crippen molar-refractivity contribution in [3.63, 3.8) is 0 Å². The molecule has 0 saturated heterocycles. The second-order valence-corrected chi connectivity index (χ2v) is 10.3. The van der Waals surface area contributed by atoms with E-state index in [0.717, 1.165) is 32.1 Å². The number of allylic oxidation sites excluding steroid dienone is 2. The summed E-state index contributed by atoms with van der Waals surface area (Å²) in [6.45, 7) is 2.32. The van der Waals surface area contributed by atoms with Crippen molar-refractivity contribution in [2.24, 2.45) is 0 Å². The molecule has 1 heterocycles. The van der Waals surface area contributed by atoms with Gasteiger partial charge in [0.25, 0.3) is 0 Å². The number of rotatable bonds is 16. The molecule has 1 aliphatic rings. The van der Waals surface area contributed by atoms with Crippen molar-refractivity contribution in [3.8, 4) is 11.5 Å². The zero-order valence-corrected chi connectivity index (χ0v) is 26.6. The maximum atomic E-state index is 14.1. The van der Waals surface area contributed by atoms with E-state index < -0.39 is 47.2 Å². The minimum absolute atomic E-state index is 0. The minimum Gasteiger partial charge on any atom is -0.493 e. The van der Waals surface area contributed by atoms with Crippen molar-refractivity contribution < 1.29 is 51.2 Å². The molecule has 0 saturated carbocycles. The van der Waals surface area contributed by atoms with Crippen LogP contribution in [0.5, 0.6) is 11.5 Å². The molecule has 0 spiro atoms. The average Bonchev–Trinajstić information content (AvgIpc) is 3.01. The number of esters is 2. The summed E-state index contributed by atoms with van der Waals surface area (Å²) in [6.07, 6.45) is -2.94. The summed E-state index contributed by atoms with van der Waals surface area (Å²) in [5.41, 5.74) is -2.70. The van der Waals surface area contributed by atoms with Gasteiger partial charge in [-0.05, 0) is 56.1 Å². The van der Waals surface area contributed by atoms with Gasteiger partial charge < -0.3 is 34.7 Å². The van der Waals surface area contributed by atoms with Crippen LogP contribution in [0, 0.1) is 5.82 Å². The van der Waals surface area contributed by atoms with Crippen LogP contribution in [0.4, 0.5) is 17.6 Å². The van der Waals surface area contributed by atoms with Crippen molar-refractivity contribution in [3.05, 3.63) is 82.5 Å². The molecule has 0 radical (unpaired) electrons. The lowest BCUT2D eigenvalue weighted by Crippen LogP contribution is -2.38. The van der Waals surface area contributed by atoms with Crippen LogP contribution in [-0.4, -0.2) is 69.8 Å². The predicted molar refractivity (Wildman–Crippen MR) is 164 cm³/mol. The minimum atomic E-state index is -4.98. The summed E-state index contributed by atoms with van der Waals surface area (Å²) in [6, 6.07) is 11.8. The Hall–Kier alpha value is -3.81. The normalized spacial score (nSPS) is 15.4. The van der Waals surface area contributed by atoms with E-state index in [2.05, 4.69) is 15.4 Å². The molecule has 2 atom stereocenters. The molecule has 2 aromatic carbocycles. The monoisotopic (exact) mass is 674 g/mol. The number of halogens is 5. The Morgan fingerprint density at radius 3 is 2.33 bits per heavy atom. The Morgan fingerprint density at radius 1 is 0.978 bits per heavy atom. The molecular formula is C32H39ClF4N2O7. The number of unbranched alkanes of at least 4 members (excludes halogenated alkanes) is 3. The molecule has 1 aliphatic heterocycles. The highest BCUT2D eigenvalue weighted by Crippen LogP contribution is 2.43. The molecule has 3 rings (SSSR count). The summed E-state index contributed by atoms with van der Waals surface area (Å²) < 4.78 is 76.8. The van der Waals surface area contributed by atoms with Gasteiger partial charge in [0.2, 0.25) is 0 Å². The number of ether oxygens (including phenoxy) is 4. The van der Waals surface area contributed by atoms with E-state index in [1.807, 2.05) is 12.1 Å². The molecule has 9 nitrogen and oxygen atoms in total. The number of methoxy groups -OCH3 is 2. The second-order valence-electron chi connectivity index (χ2n) is 10.3. The fourth-order valence-electron chi connectivity index (χ4n) is 4.87. The average molecular weight is 675 g/mol. The van der Waals surface area contributed by atoms with Gasteiger partial charge in [0.15, 0.2) is 11.5 Å². The van der Waals surface area contributed by atoms with Crippen molar-refractivity contribution in [2.75, 3.05) is 40.5 Å². The Kier molecular flexibility index (Phi) is 15.3. The topological polar surface area (TPSA) is 115 Å². The van der Waals surface area contributed by atoms with Gasteiger partial charge in [-0.1, -0.05) is 37.1 Å². The molecular weight excluding hydrogens is 636 g/mol. The van der Waals surface area contributed by atoms with Gasteiger partial charge in [-0.2, -0.15) is 13.2 Å². The van der Waals surface area contributed by atoms with E-state index >= 15 is 0 Å². The number of hydrogen-bond donors (Lipinski definition) is 3. The van der Waals surface area contributed by atoms with E-state index in [9.17, 15) is 32.3 Å². The van der Waals surface area contributed by atoms with Gasteiger partial charge in [-0.3, -0.25) is 0 Å². The van der Waals surface area contributed by atoms with Crippen LogP contribution in [-0.2, 0) is 19.1 Å². The molecule has 0 aliphatic carbocycles. The number of carbonyl (C=O) groups excluding carboxylic acids is 2. The number of benzene rings is 2. The number of aliphatic hydroxyl groups excluding tert-OH is 1. The first-order chi connectivity index (χ1) is 21.5. The van der Waals surface area contributed by atoms with Crippen LogP contribution in [0.2, 0.25) is 0 Å². The van der Waals surface area contributed by atoms with Crippen LogP contribution in [0.1, 0.15) is 44.1 Å². The molecule has 2 aromatic rings. The fraction of sp³-hybridized carbons (Fsp3) is 0.438.